The number of hydrogen-bond acceptors (Lipinski definition) is 2. The molecule has 1 aromatic carbocycles. The molecular weight excluding hydrogens is 310 g/mol. The molecule has 0 saturated heterocycles. The summed E-state index contributed by atoms with van der Waals surface area (Å²) in [4.78, 5) is 1.82. The van der Waals surface area contributed by atoms with Crippen LogP contribution in [0.5, 0.6) is 0 Å². The Balaban J connectivity index is 2.99. The number of hydrogen-bond donors (Lipinski definition) is 2. The third kappa shape index (κ3) is 3.83. The van der Waals surface area contributed by atoms with Crippen LogP contribution in [-0.2, 0) is 0 Å². The van der Waals surface area contributed by atoms with Crippen LogP contribution in [0.2, 0.25) is 0 Å². The van der Waals surface area contributed by atoms with Crippen LogP contribution in [0, 0.1) is 17.8 Å². The van der Waals surface area contributed by atoms with E-state index in [0.29, 0.717) is 18.8 Å². The maximum atomic E-state index is 8.18. The third-order valence-corrected chi connectivity index (χ3v) is 3.04. The second-order valence-corrected chi connectivity index (χ2v) is 4.83. The molecule has 0 atom stereocenters. The molecule has 3 nitrogen and oxygen atoms in total. The molecule has 0 aromatic heterocycles. The van der Waals surface area contributed by atoms with Gasteiger partial charge in [0, 0.05) is 35.7 Å². The van der Waals surface area contributed by atoms with Gasteiger partial charge in [0.1, 0.15) is 5.84 Å². The van der Waals surface area contributed by atoms with Crippen LogP contribution in [0.1, 0.15) is 12.0 Å². The number of nitrogens with zero attached hydrogens (tertiary/aromatic N) is 1. The van der Waals surface area contributed by atoms with Crippen LogP contribution in [-0.4, -0.2) is 29.8 Å². The minimum Gasteiger partial charge on any atom is -0.359 e. The van der Waals surface area contributed by atoms with E-state index in [1.165, 1.54) is 5.49 Å². The molecule has 0 bridgehead atoms. The van der Waals surface area contributed by atoms with E-state index >= 15 is 0 Å². The smallest absolute Gasteiger partial charge is 0.129 e. The standard InChI is InChI=1S/C13H14BrN3S/c1-3-4-7-17(2)13(15)11-8-10(14)5-6-12(11)16-9-18/h1,5-6,8-9,15H,4,7H2,2H3,(H,16,18). The summed E-state index contributed by atoms with van der Waals surface area (Å²) in [5.74, 6) is 2.98. The molecular formula is C13H14BrN3S. The Morgan fingerprint density at radius 3 is 3.00 bits per heavy atom. The molecule has 94 valence electrons. The van der Waals surface area contributed by atoms with Crippen molar-refractivity contribution in [2.45, 2.75) is 6.42 Å². The topological polar surface area (TPSA) is 39.1 Å². The zero-order valence-corrected chi connectivity index (χ0v) is 12.4. The molecule has 2 N–H and O–H groups in total. The fraction of sp³-hybridized carbons (Fsp3) is 0.231. The van der Waals surface area contributed by atoms with Crippen LogP contribution in [0.15, 0.2) is 22.7 Å². The molecule has 0 aliphatic heterocycles. The lowest BCUT2D eigenvalue weighted by atomic mass is 10.1. The molecule has 0 heterocycles. The number of rotatable bonds is 5. The molecule has 0 radical (unpaired) electrons. The van der Waals surface area contributed by atoms with Crippen molar-refractivity contribution in [3.05, 3.63) is 28.2 Å². The maximum absolute atomic E-state index is 8.18. The quantitative estimate of drug-likeness (QED) is 0.378. The predicted molar refractivity (Wildman–Crippen MR) is 84.3 cm³/mol. The van der Waals surface area contributed by atoms with Gasteiger partial charge in [-0.25, -0.2) is 0 Å². The molecule has 0 aliphatic rings. The first-order chi connectivity index (χ1) is 8.60. The average Bonchev–Trinajstić information content (AvgIpc) is 2.37. The van der Waals surface area contributed by atoms with Gasteiger partial charge < -0.3 is 10.2 Å². The van der Waals surface area contributed by atoms with Gasteiger partial charge in [0.2, 0.25) is 0 Å². The molecule has 0 amide bonds. The van der Waals surface area contributed by atoms with Crippen LogP contribution >= 0.6 is 28.1 Å². The Morgan fingerprint density at radius 2 is 2.39 bits per heavy atom. The highest BCUT2D eigenvalue weighted by molar-refractivity contribution is 9.10. The molecule has 0 fully saturated rings. The summed E-state index contributed by atoms with van der Waals surface area (Å²) in [5, 5.41) is 11.1. The molecule has 5 heteroatoms. The zero-order valence-electron chi connectivity index (χ0n) is 10.0. The number of halogens is 1. The van der Waals surface area contributed by atoms with E-state index in [1.54, 1.807) is 0 Å². The highest BCUT2D eigenvalue weighted by Crippen LogP contribution is 2.22. The second kappa shape index (κ2) is 7.14. The zero-order chi connectivity index (χ0) is 13.5. The summed E-state index contributed by atoms with van der Waals surface area (Å²) in [5.41, 5.74) is 3.03. The van der Waals surface area contributed by atoms with Gasteiger partial charge >= 0.3 is 0 Å². The summed E-state index contributed by atoms with van der Waals surface area (Å²) in [6.45, 7) is 0.652. The van der Waals surface area contributed by atoms with Crippen molar-refractivity contribution in [2.24, 2.45) is 0 Å². The van der Waals surface area contributed by atoms with Crippen molar-refractivity contribution in [1.29, 1.82) is 5.41 Å². The van der Waals surface area contributed by atoms with E-state index in [9.17, 15) is 0 Å². The first kappa shape index (κ1) is 14.7. The fourth-order valence-corrected chi connectivity index (χ4v) is 1.94. The Bertz CT molecular complexity index is 493. The van der Waals surface area contributed by atoms with Crippen LogP contribution in [0.4, 0.5) is 5.69 Å². The van der Waals surface area contributed by atoms with Crippen molar-refractivity contribution < 1.29 is 0 Å². The fourth-order valence-electron chi connectivity index (χ4n) is 1.45. The Hall–Kier alpha value is -1.38. The van der Waals surface area contributed by atoms with Crippen molar-refractivity contribution in [1.82, 2.24) is 4.90 Å². The predicted octanol–water partition coefficient (Wildman–Crippen LogP) is 3.10. The Labute approximate surface area is 121 Å². The first-order valence-corrected chi connectivity index (χ1v) is 6.60. The molecule has 0 aliphatic carbocycles. The number of benzene rings is 1. The molecule has 1 rings (SSSR count). The van der Waals surface area contributed by atoms with Crippen molar-refractivity contribution >= 4 is 45.2 Å². The number of terminal acetylenes is 1. The summed E-state index contributed by atoms with van der Waals surface area (Å²) >= 11 is 8.20. The van der Waals surface area contributed by atoms with Gasteiger partial charge in [-0.2, -0.15) is 0 Å². The number of anilines is 1. The number of thiocarbonyl (C=S) groups is 1. The Kier molecular flexibility index (Phi) is 5.83. The summed E-state index contributed by atoms with van der Waals surface area (Å²) < 4.78 is 0.919. The summed E-state index contributed by atoms with van der Waals surface area (Å²) in [6.07, 6.45) is 5.85. The lowest BCUT2D eigenvalue weighted by Crippen LogP contribution is -2.28. The van der Waals surface area contributed by atoms with Gasteiger partial charge in [0.05, 0.1) is 5.49 Å². The SMILES string of the molecule is C#CCCN(C)C(=N)c1cc(Br)ccc1NC=S. The molecule has 0 spiro atoms. The lowest BCUT2D eigenvalue weighted by molar-refractivity contribution is 0.515. The van der Waals surface area contributed by atoms with E-state index in [2.05, 4.69) is 27.2 Å². The summed E-state index contributed by atoms with van der Waals surface area (Å²) in [6, 6.07) is 5.67. The van der Waals surface area contributed by atoms with E-state index in [-0.39, 0.29) is 0 Å². The number of amidine groups is 1. The monoisotopic (exact) mass is 323 g/mol. The first-order valence-electron chi connectivity index (χ1n) is 5.33. The minimum absolute atomic E-state index is 0.408. The molecule has 0 unspecified atom stereocenters. The van der Waals surface area contributed by atoms with Crippen molar-refractivity contribution in [2.75, 3.05) is 18.9 Å². The highest BCUT2D eigenvalue weighted by Gasteiger charge is 2.12. The largest absolute Gasteiger partial charge is 0.359 e. The molecule has 0 saturated carbocycles. The van der Waals surface area contributed by atoms with Crippen LogP contribution in [0.25, 0.3) is 0 Å². The van der Waals surface area contributed by atoms with Gasteiger partial charge in [0.25, 0.3) is 0 Å². The Morgan fingerprint density at radius 1 is 1.67 bits per heavy atom. The third-order valence-electron chi connectivity index (χ3n) is 2.42. The van der Waals surface area contributed by atoms with Crippen molar-refractivity contribution in [3.8, 4) is 12.3 Å². The van der Waals surface area contributed by atoms with E-state index < -0.39 is 0 Å². The molecule has 1 aromatic rings. The van der Waals surface area contributed by atoms with E-state index in [0.717, 1.165) is 15.7 Å². The maximum Gasteiger partial charge on any atom is 0.129 e. The van der Waals surface area contributed by atoms with Crippen molar-refractivity contribution in [3.63, 3.8) is 0 Å². The van der Waals surface area contributed by atoms with Gasteiger partial charge in [-0.3, -0.25) is 5.41 Å². The highest BCUT2D eigenvalue weighted by atomic mass is 79.9. The van der Waals surface area contributed by atoms with Crippen LogP contribution in [0.3, 0.4) is 0 Å². The molecule has 18 heavy (non-hydrogen) atoms. The normalized spacial score (nSPS) is 9.39. The second-order valence-electron chi connectivity index (χ2n) is 3.68. The van der Waals surface area contributed by atoms with E-state index in [4.69, 9.17) is 24.1 Å². The lowest BCUT2D eigenvalue weighted by Gasteiger charge is -2.21. The number of nitrogens with one attached hydrogen (secondary N) is 2. The van der Waals surface area contributed by atoms with Gasteiger partial charge in [-0.1, -0.05) is 28.1 Å². The van der Waals surface area contributed by atoms with Gasteiger partial charge in [0.15, 0.2) is 0 Å². The van der Waals surface area contributed by atoms with Crippen LogP contribution < -0.4 is 5.32 Å². The van der Waals surface area contributed by atoms with E-state index in [1.807, 2.05) is 30.1 Å². The summed E-state index contributed by atoms with van der Waals surface area (Å²) in [7, 11) is 1.85. The van der Waals surface area contributed by atoms with Gasteiger partial charge in [-0.15, -0.1) is 12.3 Å². The average molecular weight is 324 g/mol. The minimum atomic E-state index is 0.408. The van der Waals surface area contributed by atoms with Gasteiger partial charge in [-0.05, 0) is 18.2 Å².